The Hall–Kier alpha value is -3.91. The second-order valence-electron chi connectivity index (χ2n) is 11.4. The number of rotatable bonds is 7. The van der Waals surface area contributed by atoms with E-state index in [4.69, 9.17) is 9.47 Å². The number of hydrogen-bond donors (Lipinski definition) is 2. The predicted octanol–water partition coefficient (Wildman–Crippen LogP) is 5.85. The Kier molecular flexibility index (Phi) is 7.57. The van der Waals surface area contributed by atoms with E-state index in [1.165, 1.54) is 0 Å². The monoisotopic (exact) mass is 527 g/mol. The summed E-state index contributed by atoms with van der Waals surface area (Å²) in [6, 6.07) is 13.7. The topological polar surface area (TPSA) is 90.3 Å². The molecular weight excluding hydrogens is 490 g/mol. The van der Waals surface area contributed by atoms with Gasteiger partial charge in [0, 0.05) is 30.2 Å². The quantitative estimate of drug-likeness (QED) is 0.314. The number of nitrogens with zero attached hydrogens (tertiary/aromatic N) is 3. The van der Waals surface area contributed by atoms with Crippen molar-refractivity contribution in [3.8, 4) is 17.2 Å². The number of carbonyl (C=O) groups excluding carboxylic acids is 1. The lowest BCUT2D eigenvalue weighted by atomic mass is 9.98. The summed E-state index contributed by atoms with van der Waals surface area (Å²) in [7, 11) is 0. The Bertz CT molecular complexity index is 1470. The van der Waals surface area contributed by atoms with Crippen molar-refractivity contribution >= 4 is 22.5 Å². The highest BCUT2D eigenvalue weighted by Crippen LogP contribution is 2.34. The Morgan fingerprint density at radius 3 is 2.74 bits per heavy atom. The third kappa shape index (κ3) is 6.40. The molecule has 1 amide bonds. The minimum absolute atomic E-state index is 0.0905. The molecule has 1 fully saturated rings. The van der Waals surface area contributed by atoms with Gasteiger partial charge in [0.1, 0.15) is 23.4 Å². The summed E-state index contributed by atoms with van der Waals surface area (Å²) in [4.78, 5) is 17.2. The van der Waals surface area contributed by atoms with Gasteiger partial charge in [0.05, 0.1) is 29.4 Å². The lowest BCUT2D eigenvalue weighted by Gasteiger charge is -2.30. The zero-order valence-electron chi connectivity index (χ0n) is 23.3. The summed E-state index contributed by atoms with van der Waals surface area (Å²) in [5, 5.41) is 11.6. The Morgan fingerprint density at radius 2 is 2.00 bits per heavy atom. The minimum atomic E-state index is -0.143. The summed E-state index contributed by atoms with van der Waals surface area (Å²) in [5.41, 5.74) is 3.25. The van der Waals surface area contributed by atoms with Gasteiger partial charge in [-0.3, -0.25) is 14.5 Å². The van der Waals surface area contributed by atoms with Crippen molar-refractivity contribution in [1.82, 2.24) is 20.1 Å². The summed E-state index contributed by atoms with van der Waals surface area (Å²) in [5.74, 6) is 2.63. The summed E-state index contributed by atoms with van der Waals surface area (Å²) < 4.78 is 14.6. The van der Waals surface area contributed by atoms with Crippen LogP contribution in [0, 0.1) is 12.8 Å². The minimum Gasteiger partial charge on any atom is -0.490 e. The number of ether oxygens (including phenoxy) is 2. The van der Waals surface area contributed by atoms with Gasteiger partial charge in [-0.25, -0.2) is 0 Å². The molecule has 0 saturated carbocycles. The molecule has 0 spiro atoms. The maximum absolute atomic E-state index is 12.7. The number of carbonyl (C=O) groups is 1. The zero-order valence-corrected chi connectivity index (χ0v) is 23.3. The Morgan fingerprint density at radius 1 is 1.15 bits per heavy atom. The first-order valence-corrected chi connectivity index (χ1v) is 13.5. The van der Waals surface area contributed by atoms with E-state index in [9.17, 15) is 4.79 Å². The van der Waals surface area contributed by atoms with E-state index >= 15 is 0 Å². The van der Waals surface area contributed by atoms with E-state index in [0.717, 1.165) is 53.0 Å². The second kappa shape index (κ2) is 11.1. The van der Waals surface area contributed by atoms with Crippen LogP contribution in [0.3, 0.4) is 0 Å². The van der Waals surface area contributed by atoms with Crippen LogP contribution in [0.4, 0.5) is 5.69 Å². The Labute approximate surface area is 229 Å². The molecule has 8 heteroatoms. The number of aromatic nitrogens is 3. The van der Waals surface area contributed by atoms with Crippen molar-refractivity contribution < 1.29 is 14.3 Å². The van der Waals surface area contributed by atoms with E-state index in [-0.39, 0.29) is 24.0 Å². The van der Waals surface area contributed by atoms with Crippen molar-refractivity contribution in [3.63, 3.8) is 0 Å². The van der Waals surface area contributed by atoms with Crippen LogP contribution in [0.1, 0.15) is 45.2 Å². The summed E-state index contributed by atoms with van der Waals surface area (Å²) in [6.45, 7) is 12.3. The molecule has 0 radical (unpaired) electrons. The first kappa shape index (κ1) is 26.7. The molecule has 5 rings (SSSR count). The highest BCUT2D eigenvalue weighted by Gasteiger charge is 2.23. The van der Waals surface area contributed by atoms with Crippen LogP contribution in [-0.2, 0) is 16.8 Å². The highest BCUT2D eigenvalue weighted by molar-refractivity contribution is 5.92. The normalized spacial score (nSPS) is 17.7. The molecule has 8 nitrogen and oxygen atoms in total. The van der Waals surface area contributed by atoms with E-state index in [0.29, 0.717) is 17.4 Å². The zero-order chi connectivity index (χ0) is 27.6. The average molecular weight is 528 g/mol. The van der Waals surface area contributed by atoms with Crippen molar-refractivity contribution in [2.24, 2.45) is 5.92 Å². The van der Waals surface area contributed by atoms with E-state index < -0.39 is 0 Å². The molecule has 39 heavy (non-hydrogen) atoms. The van der Waals surface area contributed by atoms with Crippen LogP contribution >= 0.6 is 0 Å². The summed E-state index contributed by atoms with van der Waals surface area (Å²) in [6.07, 6.45) is 6.71. The number of hydrogen-bond acceptors (Lipinski definition) is 6. The number of amides is 1. The number of benzene rings is 2. The van der Waals surface area contributed by atoms with E-state index in [2.05, 4.69) is 48.4 Å². The van der Waals surface area contributed by atoms with Gasteiger partial charge in [-0.15, -0.1) is 0 Å². The SMILES string of the molecule is Cc1cc(CC(=O)Nc2cnn(C(C)(C)C)c2)ccc1Oc1ccnc2ccc(OC3CCNCC3C)cc12. The van der Waals surface area contributed by atoms with E-state index in [1.807, 2.05) is 60.3 Å². The molecule has 1 saturated heterocycles. The lowest BCUT2D eigenvalue weighted by molar-refractivity contribution is -0.115. The average Bonchev–Trinajstić information content (AvgIpc) is 3.36. The third-order valence-corrected chi connectivity index (χ3v) is 7.04. The molecule has 3 heterocycles. The fourth-order valence-corrected chi connectivity index (χ4v) is 4.80. The second-order valence-corrected chi connectivity index (χ2v) is 11.4. The first-order valence-electron chi connectivity index (χ1n) is 13.5. The van der Waals surface area contributed by atoms with Gasteiger partial charge in [0.25, 0.3) is 0 Å². The smallest absolute Gasteiger partial charge is 0.228 e. The molecule has 204 valence electrons. The molecule has 2 aromatic heterocycles. The Balaban J connectivity index is 1.28. The fraction of sp³-hybridized carbons (Fsp3) is 0.387. The molecule has 1 aliphatic heterocycles. The number of piperidine rings is 1. The van der Waals surface area contributed by atoms with Gasteiger partial charge < -0.3 is 20.1 Å². The molecule has 2 aromatic carbocycles. The van der Waals surface area contributed by atoms with Crippen molar-refractivity contribution in [2.45, 2.75) is 59.1 Å². The number of fused-ring (bicyclic) bond motifs is 1. The highest BCUT2D eigenvalue weighted by atomic mass is 16.5. The van der Waals surface area contributed by atoms with Crippen LogP contribution in [0.5, 0.6) is 17.2 Å². The van der Waals surface area contributed by atoms with E-state index in [1.54, 1.807) is 12.4 Å². The molecule has 2 unspecified atom stereocenters. The molecule has 2 N–H and O–H groups in total. The van der Waals surface area contributed by atoms with Gasteiger partial charge in [0.15, 0.2) is 0 Å². The number of aryl methyl sites for hydroxylation is 1. The van der Waals surface area contributed by atoms with Crippen LogP contribution in [0.25, 0.3) is 10.9 Å². The van der Waals surface area contributed by atoms with Crippen LogP contribution < -0.4 is 20.1 Å². The van der Waals surface area contributed by atoms with Gasteiger partial charge in [-0.2, -0.15) is 5.10 Å². The molecule has 0 bridgehead atoms. The lowest BCUT2D eigenvalue weighted by Crippen LogP contribution is -2.41. The number of pyridine rings is 1. The van der Waals surface area contributed by atoms with Crippen molar-refractivity contribution in [1.29, 1.82) is 0 Å². The van der Waals surface area contributed by atoms with Crippen molar-refractivity contribution in [3.05, 3.63) is 72.2 Å². The largest absolute Gasteiger partial charge is 0.490 e. The van der Waals surface area contributed by atoms with Crippen molar-refractivity contribution in [2.75, 3.05) is 18.4 Å². The maximum atomic E-state index is 12.7. The standard InChI is InChI=1S/C31H37N5O3/c1-20-14-22(15-30(37)35-23-18-34-36(19-23)31(3,4)5)6-9-27(20)39-29-11-13-33-26-8-7-24(16-25(26)29)38-28-10-12-32-17-21(28)2/h6-9,11,13-14,16,18-19,21,28,32H,10,12,15,17H2,1-5H3,(H,35,37). The maximum Gasteiger partial charge on any atom is 0.228 e. The van der Waals surface area contributed by atoms with Crippen LogP contribution in [0.2, 0.25) is 0 Å². The number of nitrogens with one attached hydrogen (secondary N) is 2. The predicted molar refractivity (Wildman–Crippen MR) is 154 cm³/mol. The van der Waals surface area contributed by atoms with Gasteiger partial charge in [-0.05, 0) is 82.1 Å². The fourth-order valence-electron chi connectivity index (χ4n) is 4.80. The molecule has 1 aliphatic rings. The van der Waals surface area contributed by atoms with Crippen LogP contribution in [-0.4, -0.2) is 39.9 Å². The van der Waals surface area contributed by atoms with Gasteiger partial charge in [-0.1, -0.05) is 19.1 Å². The van der Waals surface area contributed by atoms with Gasteiger partial charge in [0.2, 0.25) is 5.91 Å². The van der Waals surface area contributed by atoms with Gasteiger partial charge >= 0.3 is 0 Å². The molecule has 2 atom stereocenters. The third-order valence-electron chi connectivity index (χ3n) is 7.04. The first-order chi connectivity index (χ1) is 18.7. The summed E-state index contributed by atoms with van der Waals surface area (Å²) >= 11 is 0. The molecule has 4 aromatic rings. The van der Waals surface area contributed by atoms with Crippen LogP contribution in [0.15, 0.2) is 61.1 Å². The molecular formula is C31H37N5O3. The molecule has 0 aliphatic carbocycles. The number of anilines is 1.